The highest BCUT2D eigenvalue weighted by atomic mass is 19.2. The topological polar surface area (TPSA) is 43.4 Å². The predicted molar refractivity (Wildman–Crippen MR) is 91.9 cm³/mol. The number of anilines is 1. The molecule has 1 aromatic heterocycles. The largest absolute Gasteiger partial charge is 0.494 e. The van der Waals surface area contributed by atoms with Gasteiger partial charge in [0.2, 0.25) is 11.6 Å². The summed E-state index contributed by atoms with van der Waals surface area (Å²) in [5.41, 5.74) is -0.424. The summed E-state index contributed by atoms with van der Waals surface area (Å²) in [7, 11) is 0. The van der Waals surface area contributed by atoms with Crippen LogP contribution in [0.1, 0.15) is 25.3 Å². The minimum absolute atomic E-state index is 0.0844. The van der Waals surface area contributed by atoms with E-state index in [0.717, 1.165) is 5.56 Å². The fourth-order valence-electron chi connectivity index (χ4n) is 3.30. The van der Waals surface area contributed by atoms with Crippen molar-refractivity contribution in [1.82, 2.24) is 4.98 Å². The molecule has 1 aromatic carbocycles. The molecule has 3 rings (SSSR count). The molecule has 1 saturated heterocycles. The summed E-state index contributed by atoms with van der Waals surface area (Å²) in [6.45, 7) is 3.45. The summed E-state index contributed by atoms with van der Waals surface area (Å²) in [5, 5.41) is 2.55. The molecule has 0 atom stereocenters. The molecule has 2 aromatic rings. The number of nitrogens with zero attached hydrogens (tertiary/aromatic N) is 1. The molecule has 8 heteroatoms. The summed E-state index contributed by atoms with van der Waals surface area (Å²) >= 11 is 0. The van der Waals surface area contributed by atoms with Crippen molar-refractivity contribution in [3.63, 3.8) is 0 Å². The van der Waals surface area contributed by atoms with E-state index in [9.17, 15) is 17.6 Å². The van der Waals surface area contributed by atoms with Gasteiger partial charge in [-0.2, -0.15) is 22.5 Å². The molecule has 1 aliphatic rings. The van der Waals surface area contributed by atoms with E-state index < -0.39 is 34.6 Å². The summed E-state index contributed by atoms with van der Waals surface area (Å²) in [6, 6.07) is 7.42. The highest BCUT2D eigenvalue weighted by molar-refractivity contribution is 5.47. The maximum Gasteiger partial charge on any atom is 0.253 e. The van der Waals surface area contributed by atoms with Crippen LogP contribution in [0.2, 0.25) is 0 Å². The average molecular weight is 384 g/mol. The third-order valence-corrected chi connectivity index (χ3v) is 4.83. The molecule has 1 N–H and O–H groups in total. The second kappa shape index (κ2) is 8.12. The molecular weight excluding hydrogens is 364 g/mol. The van der Waals surface area contributed by atoms with Crippen molar-refractivity contribution in [2.24, 2.45) is 0 Å². The van der Waals surface area contributed by atoms with Crippen LogP contribution in [0.3, 0.4) is 0 Å². The van der Waals surface area contributed by atoms with E-state index in [2.05, 4.69) is 10.3 Å². The molecule has 0 amide bonds. The second-order valence-corrected chi connectivity index (χ2v) is 6.40. The van der Waals surface area contributed by atoms with Crippen LogP contribution in [0.4, 0.5) is 23.2 Å². The van der Waals surface area contributed by atoms with E-state index in [1.54, 1.807) is 0 Å². The van der Waals surface area contributed by atoms with Crippen molar-refractivity contribution in [1.29, 1.82) is 0 Å². The molecule has 146 valence electrons. The summed E-state index contributed by atoms with van der Waals surface area (Å²) in [5.74, 6) is -5.73. The van der Waals surface area contributed by atoms with E-state index in [1.807, 2.05) is 31.2 Å². The Morgan fingerprint density at radius 2 is 1.63 bits per heavy atom. The molecule has 0 spiro atoms. The second-order valence-electron chi connectivity index (χ2n) is 6.40. The Bertz CT molecular complexity index is 767. The van der Waals surface area contributed by atoms with Crippen molar-refractivity contribution >= 4 is 5.69 Å². The molecule has 2 heterocycles. The lowest BCUT2D eigenvalue weighted by atomic mass is 9.74. The summed E-state index contributed by atoms with van der Waals surface area (Å²) in [6.07, 6.45) is 1.18. The van der Waals surface area contributed by atoms with Gasteiger partial charge in [-0.15, -0.1) is 0 Å². The molecule has 0 unspecified atom stereocenters. The summed E-state index contributed by atoms with van der Waals surface area (Å²) < 4.78 is 65.4. The first-order valence-electron chi connectivity index (χ1n) is 8.72. The summed E-state index contributed by atoms with van der Waals surface area (Å²) in [4.78, 5) is 2.57. The van der Waals surface area contributed by atoms with E-state index in [0.29, 0.717) is 38.4 Å². The van der Waals surface area contributed by atoms with Crippen molar-refractivity contribution < 1.29 is 27.0 Å². The van der Waals surface area contributed by atoms with Gasteiger partial charge in [-0.05, 0) is 37.5 Å². The SMILES string of the molecule is CCOc1ccc(C2(CNc3c(F)c(F)nc(F)c3F)CCOCC2)cc1. The van der Waals surface area contributed by atoms with Gasteiger partial charge >= 0.3 is 0 Å². The Hall–Kier alpha value is -2.35. The first kappa shape index (κ1) is 19.4. The first-order valence-corrected chi connectivity index (χ1v) is 8.72. The molecular formula is C19H20F4N2O2. The van der Waals surface area contributed by atoms with Crippen LogP contribution in [-0.4, -0.2) is 31.3 Å². The smallest absolute Gasteiger partial charge is 0.253 e. The quantitative estimate of drug-likeness (QED) is 0.599. The van der Waals surface area contributed by atoms with Crippen LogP contribution in [0, 0.1) is 23.5 Å². The molecule has 0 radical (unpaired) electrons. The van der Waals surface area contributed by atoms with Gasteiger partial charge in [-0.25, -0.2) is 0 Å². The van der Waals surface area contributed by atoms with E-state index in [1.165, 1.54) is 0 Å². The zero-order valence-corrected chi connectivity index (χ0v) is 14.8. The zero-order chi connectivity index (χ0) is 19.4. The Kier molecular flexibility index (Phi) is 5.84. The number of hydrogen-bond donors (Lipinski definition) is 1. The van der Waals surface area contributed by atoms with Crippen molar-refractivity contribution in [2.45, 2.75) is 25.2 Å². The average Bonchev–Trinajstić information content (AvgIpc) is 2.68. The number of hydrogen-bond acceptors (Lipinski definition) is 4. The number of pyridine rings is 1. The fraction of sp³-hybridized carbons (Fsp3) is 0.421. The van der Waals surface area contributed by atoms with Crippen LogP contribution in [-0.2, 0) is 10.2 Å². The van der Waals surface area contributed by atoms with E-state index in [4.69, 9.17) is 9.47 Å². The van der Waals surface area contributed by atoms with E-state index >= 15 is 0 Å². The third kappa shape index (κ3) is 4.00. The molecule has 0 aliphatic carbocycles. The van der Waals surface area contributed by atoms with Crippen LogP contribution >= 0.6 is 0 Å². The lowest BCUT2D eigenvalue weighted by molar-refractivity contribution is 0.0543. The highest BCUT2D eigenvalue weighted by Gasteiger charge is 2.35. The maximum absolute atomic E-state index is 13.9. The minimum Gasteiger partial charge on any atom is -0.494 e. The fourth-order valence-corrected chi connectivity index (χ4v) is 3.30. The van der Waals surface area contributed by atoms with Gasteiger partial charge in [0.1, 0.15) is 11.4 Å². The zero-order valence-electron chi connectivity index (χ0n) is 14.8. The molecule has 0 saturated carbocycles. The lowest BCUT2D eigenvalue weighted by Crippen LogP contribution is -2.40. The number of benzene rings is 1. The minimum atomic E-state index is -1.68. The van der Waals surface area contributed by atoms with Crippen molar-refractivity contribution in [3.8, 4) is 5.75 Å². The predicted octanol–water partition coefficient (Wildman–Crippen LogP) is 4.20. The standard InChI is InChI=1S/C19H20F4N2O2/c1-2-27-13-5-3-12(4-6-13)19(7-9-26-10-8-19)11-24-16-14(20)17(22)25-18(23)15(16)21/h3-6H,2,7-11H2,1H3,(H,24,25). The van der Waals surface area contributed by atoms with E-state index in [-0.39, 0.29) is 6.54 Å². The highest BCUT2D eigenvalue weighted by Crippen LogP contribution is 2.36. The van der Waals surface area contributed by atoms with Gasteiger partial charge in [0.05, 0.1) is 6.61 Å². The first-order chi connectivity index (χ1) is 13.0. The number of halogens is 4. The van der Waals surface area contributed by atoms with Crippen LogP contribution in [0.15, 0.2) is 24.3 Å². The number of ether oxygens (including phenoxy) is 2. The van der Waals surface area contributed by atoms with Crippen molar-refractivity contribution in [3.05, 3.63) is 53.4 Å². The molecule has 4 nitrogen and oxygen atoms in total. The molecule has 0 bridgehead atoms. The van der Waals surface area contributed by atoms with Crippen molar-refractivity contribution in [2.75, 3.05) is 31.7 Å². The molecule has 1 fully saturated rings. The van der Waals surface area contributed by atoms with Gasteiger partial charge in [0, 0.05) is 25.2 Å². The number of rotatable bonds is 6. The van der Waals surface area contributed by atoms with Gasteiger partial charge in [-0.3, -0.25) is 0 Å². The van der Waals surface area contributed by atoms with Gasteiger partial charge in [0.15, 0.2) is 0 Å². The van der Waals surface area contributed by atoms with Gasteiger partial charge in [-0.1, -0.05) is 12.1 Å². The monoisotopic (exact) mass is 384 g/mol. The Balaban J connectivity index is 1.88. The van der Waals surface area contributed by atoms with Gasteiger partial charge < -0.3 is 14.8 Å². The third-order valence-electron chi connectivity index (χ3n) is 4.83. The van der Waals surface area contributed by atoms with Crippen LogP contribution in [0.25, 0.3) is 0 Å². The Morgan fingerprint density at radius 3 is 2.19 bits per heavy atom. The van der Waals surface area contributed by atoms with Crippen LogP contribution < -0.4 is 10.1 Å². The van der Waals surface area contributed by atoms with Gasteiger partial charge in [0.25, 0.3) is 11.9 Å². The number of aromatic nitrogens is 1. The Morgan fingerprint density at radius 1 is 1.04 bits per heavy atom. The lowest BCUT2D eigenvalue weighted by Gasteiger charge is -2.38. The molecule has 1 aliphatic heterocycles. The number of nitrogens with one attached hydrogen (secondary N) is 1. The maximum atomic E-state index is 13.9. The van der Waals surface area contributed by atoms with Crippen LogP contribution in [0.5, 0.6) is 5.75 Å². The normalized spacial score (nSPS) is 16.2. The molecule has 27 heavy (non-hydrogen) atoms. The Labute approximate surface area is 154 Å².